The first-order valence-electron chi connectivity index (χ1n) is 24.7. The van der Waals surface area contributed by atoms with Crippen molar-refractivity contribution < 1.29 is 4.42 Å². The molecular weight excluding hydrogens is 909 g/mol. The Kier molecular flexibility index (Phi) is 10.7. The molecule has 14 aromatic rings. The summed E-state index contributed by atoms with van der Waals surface area (Å²) >= 11 is 1.75. The van der Waals surface area contributed by atoms with Crippen molar-refractivity contribution >= 4 is 98.9 Å². The van der Waals surface area contributed by atoms with Crippen LogP contribution in [-0.4, -0.2) is 19.5 Å². The van der Waals surface area contributed by atoms with E-state index < -0.39 is 0 Å². The van der Waals surface area contributed by atoms with Crippen molar-refractivity contribution in [3.63, 3.8) is 0 Å². The van der Waals surface area contributed by atoms with Crippen LogP contribution in [0.2, 0.25) is 0 Å². The number of aromatic nitrogens is 4. The molecular formula is C67H46N4OS. The normalized spacial score (nSPS) is 11.5. The minimum absolute atomic E-state index is 0.568. The number of fused-ring (bicyclic) bond motifs is 12. The quantitative estimate of drug-likeness (QED) is 0.142. The number of rotatable bonds is 8. The minimum Gasteiger partial charge on any atom is -0.456 e. The first-order chi connectivity index (χ1) is 36.1. The summed E-state index contributed by atoms with van der Waals surface area (Å²) in [6, 6.07) is 73.3. The van der Waals surface area contributed by atoms with Crippen LogP contribution in [0.5, 0.6) is 0 Å². The third kappa shape index (κ3) is 7.17. The zero-order chi connectivity index (χ0) is 49.2. The summed E-state index contributed by atoms with van der Waals surface area (Å²) in [5, 5.41) is 10.6. The van der Waals surface area contributed by atoms with Gasteiger partial charge in [0, 0.05) is 69.8 Å². The molecule has 0 N–H and O–H groups in total. The second-order valence-electron chi connectivity index (χ2n) is 18.0. The molecule has 10 aromatic carbocycles. The van der Waals surface area contributed by atoms with Gasteiger partial charge in [-0.3, -0.25) is 0 Å². The average molecular weight is 955 g/mol. The molecule has 6 heteroatoms. The maximum atomic E-state index is 6.35. The van der Waals surface area contributed by atoms with Gasteiger partial charge in [0.15, 0.2) is 17.5 Å². The fourth-order valence-electron chi connectivity index (χ4n) is 10.8. The molecule has 0 atom stereocenters. The molecule has 73 heavy (non-hydrogen) atoms. The van der Waals surface area contributed by atoms with Crippen LogP contribution in [0.15, 0.2) is 224 Å². The van der Waals surface area contributed by atoms with E-state index >= 15 is 0 Å². The Morgan fingerprint density at radius 2 is 0.973 bits per heavy atom. The van der Waals surface area contributed by atoms with Crippen molar-refractivity contribution in [2.45, 2.75) is 13.8 Å². The fraction of sp³-hybridized carbons (Fsp3) is 0.0299. The molecule has 0 saturated carbocycles. The Morgan fingerprint density at radius 3 is 1.75 bits per heavy atom. The first kappa shape index (κ1) is 43.8. The molecule has 4 heterocycles. The molecule has 346 valence electrons. The summed E-state index contributed by atoms with van der Waals surface area (Å²) in [5.41, 5.74) is 13.2. The van der Waals surface area contributed by atoms with Gasteiger partial charge in [0.2, 0.25) is 0 Å². The third-order valence-corrected chi connectivity index (χ3v) is 15.1. The molecule has 0 aliphatic carbocycles. The van der Waals surface area contributed by atoms with Crippen molar-refractivity contribution in [3.8, 4) is 62.1 Å². The molecule has 0 unspecified atom stereocenters. The van der Waals surface area contributed by atoms with Gasteiger partial charge in [-0.1, -0.05) is 203 Å². The van der Waals surface area contributed by atoms with Crippen LogP contribution < -0.4 is 0 Å². The average Bonchev–Trinajstić information content (AvgIpc) is 4.16. The molecule has 0 radical (unpaired) electrons. The number of benzene rings is 10. The Bertz CT molecular complexity index is 4520. The highest BCUT2D eigenvalue weighted by atomic mass is 32.1. The Labute approximate surface area is 426 Å². The van der Waals surface area contributed by atoms with Crippen molar-refractivity contribution in [3.05, 3.63) is 230 Å². The van der Waals surface area contributed by atoms with Gasteiger partial charge < -0.3 is 8.98 Å². The second-order valence-corrected chi connectivity index (χ2v) is 19.0. The number of para-hydroxylation sites is 2. The van der Waals surface area contributed by atoms with Gasteiger partial charge in [0.25, 0.3) is 0 Å². The van der Waals surface area contributed by atoms with Gasteiger partial charge in [-0.2, -0.15) is 0 Å². The number of hydrogen-bond donors (Lipinski definition) is 0. The van der Waals surface area contributed by atoms with E-state index in [1.54, 1.807) is 11.3 Å². The van der Waals surface area contributed by atoms with E-state index in [-0.39, 0.29) is 0 Å². The van der Waals surface area contributed by atoms with Crippen LogP contribution in [-0.2, 0) is 0 Å². The number of hydrogen-bond acceptors (Lipinski definition) is 5. The second kappa shape index (κ2) is 17.9. The Balaban J connectivity index is 0.00000255. The topological polar surface area (TPSA) is 56.7 Å². The van der Waals surface area contributed by atoms with Gasteiger partial charge in [-0.15, -0.1) is 11.3 Å². The highest BCUT2D eigenvalue weighted by Crippen LogP contribution is 2.46. The Hall–Kier alpha value is -9.23. The van der Waals surface area contributed by atoms with Crippen molar-refractivity contribution in [1.82, 2.24) is 19.5 Å². The smallest absolute Gasteiger partial charge is 0.164 e. The van der Waals surface area contributed by atoms with E-state index in [1.165, 1.54) is 42.4 Å². The van der Waals surface area contributed by atoms with Crippen LogP contribution in [0.25, 0.3) is 150 Å². The van der Waals surface area contributed by atoms with E-state index in [0.29, 0.717) is 17.5 Å². The van der Waals surface area contributed by atoms with Gasteiger partial charge >= 0.3 is 0 Å². The third-order valence-electron chi connectivity index (χ3n) is 14.0. The summed E-state index contributed by atoms with van der Waals surface area (Å²) in [4.78, 5) is 16.7. The Morgan fingerprint density at radius 1 is 0.411 bits per heavy atom. The highest BCUT2D eigenvalue weighted by Gasteiger charge is 2.23. The van der Waals surface area contributed by atoms with E-state index in [9.17, 15) is 0 Å². The van der Waals surface area contributed by atoms with Crippen LogP contribution in [0.4, 0.5) is 0 Å². The van der Waals surface area contributed by atoms with E-state index in [2.05, 4.69) is 169 Å². The van der Waals surface area contributed by atoms with Crippen LogP contribution >= 0.6 is 11.3 Å². The zero-order valence-electron chi connectivity index (χ0n) is 40.3. The number of nitrogens with zero attached hydrogens (tertiary/aromatic N) is 4. The standard InChI is InChI=1S/C65H40N4OS.C2H6/c1-3-46-52-34-31-41(38-59(52)71-58(46)4-2)40-19-14-20-42(35-40)47-28-16-29-55-60-53-26-10-8-23-48(53)49-24-9-11-27-54(49)62(60)69(61(47)55)45-22-15-21-43(36-45)64-66-63(39-17-6-5-7-18-39)67-65(68-64)44-32-33-51-50-25-12-13-30-56(50)70-57(51)37-44;1-2/h3-38H,1-2H2;1-2H3. The highest BCUT2D eigenvalue weighted by molar-refractivity contribution is 7.20. The maximum Gasteiger partial charge on any atom is 0.164 e. The minimum atomic E-state index is 0.568. The lowest BCUT2D eigenvalue weighted by Crippen LogP contribution is -2.01. The van der Waals surface area contributed by atoms with Crippen LogP contribution in [0.3, 0.4) is 0 Å². The number of furan rings is 1. The summed E-state index contributed by atoms with van der Waals surface area (Å²) < 4.78 is 10.0. The summed E-state index contributed by atoms with van der Waals surface area (Å²) in [6.45, 7) is 12.2. The van der Waals surface area contributed by atoms with Crippen molar-refractivity contribution in [2.24, 2.45) is 0 Å². The van der Waals surface area contributed by atoms with Crippen LogP contribution in [0, 0.1) is 0 Å². The molecule has 0 spiro atoms. The van der Waals surface area contributed by atoms with E-state index in [4.69, 9.17) is 19.4 Å². The first-order valence-corrected chi connectivity index (χ1v) is 25.5. The van der Waals surface area contributed by atoms with Crippen molar-refractivity contribution in [1.29, 1.82) is 0 Å². The van der Waals surface area contributed by atoms with Gasteiger partial charge in [-0.05, 0) is 80.9 Å². The molecule has 0 saturated heterocycles. The summed E-state index contributed by atoms with van der Waals surface area (Å²) in [7, 11) is 0. The molecule has 0 amide bonds. The SMILES string of the molecule is C=Cc1sc2cc(-c3cccc(-c4cccc5c6c7ccccc7c7ccccc7c6n(-c6cccc(-c7nc(-c8ccccc8)nc(-c8ccc9c(c8)oc8ccccc89)n7)c6)c45)c3)ccc2c1C=C.CC. The van der Waals surface area contributed by atoms with Gasteiger partial charge in [-0.25, -0.2) is 15.0 Å². The zero-order valence-corrected chi connectivity index (χ0v) is 41.1. The molecule has 4 aromatic heterocycles. The lowest BCUT2D eigenvalue weighted by Gasteiger charge is -2.15. The predicted octanol–water partition coefficient (Wildman–Crippen LogP) is 19.0. The summed E-state index contributed by atoms with van der Waals surface area (Å²) in [6.07, 6.45) is 3.86. The maximum absolute atomic E-state index is 6.35. The van der Waals surface area contributed by atoms with E-state index in [0.717, 1.165) is 88.0 Å². The largest absolute Gasteiger partial charge is 0.456 e. The summed E-state index contributed by atoms with van der Waals surface area (Å²) in [5.74, 6) is 1.74. The lowest BCUT2D eigenvalue weighted by molar-refractivity contribution is 0.669. The fourth-order valence-corrected chi connectivity index (χ4v) is 11.9. The van der Waals surface area contributed by atoms with Crippen molar-refractivity contribution in [2.75, 3.05) is 0 Å². The number of thiophene rings is 1. The molecule has 14 rings (SSSR count). The van der Waals surface area contributed by atoms with E-state index in [1.807, 2.05) is 80.6 Å². The van der Waals surface area contributed by atoms with Gasteiger partial charge in [0.1, 0.15) is 11.2 Å². The van der Waals surface area contributed by atoms with Gasteiger partial charge in [0.05, 0.1) is 11.0 Å². The van der Waals surface area contributed by atoms with Crippen LogP contribution in [0.1, 0.15) is 24.3 Å². The lowest BCUT2D eigenvalue weighted by atomic mass is 9.95. The molecule has 0 bridgehead atoms. The predicted molar refractivity (Wildman–Crippen MR) is 311 cm³/mol. The molecule has 0 fully saturated rings. The molecule has 0 aliphatic rings. The molecule has 5 nitrogen and oxygen atoms in total. The molecule has 0 aliphatic heterocycles. The monoisotopic (exact) mass is 954 g/mol.